The normalized spacial score (nSPS) is 25.0. The van der Waals surface area contributed by atoms with Crippen LogP contribution in [-0.2, 0) is 9.59 Å². The molecule has 7 heteroatoms. The van der Waals surface area contributed by atoms with Crippen molar-refractivity contribution in [3.8, 4) is 0 Å². The molecule has 1 aromatic rings. The van der Waals surface area contributed by atoms with Gasteiger partial charge < -0.3 is 14.7 Å². The quantitative estimate of drug-likeness (QED) is 0.816. The third-order valence-electron chi connectivity index (χ3n) is 5.74. The van der Waals surface area contributed by atoms with Gasteiger partial charge in [-0.25, -0.2) is 4.98 Å². The fraction of sp³-hybridized carbons (Fsp3) is 0.667. The number of anilines is 1. The first-order valence-corrected chi connectivity index (χ1v) is 9.31. The third kappa shape index (κ3) is 3.32. The largest absolute Gasteiger partial charge is 0.352 e. The molecule has 0 unspecified atom stereocenters. The molecule has 1 atom stereocenters. The number of piperazine rings is 1. The van der Waals surface area contributed by atoms with Gasteiger partial charge in [0.05, 0.1) is 12.1 Å². The van der Waals surface area contributed by atoms with Crippen molar-refractivity contribution in [2.75, 3.05) is 37.6 Å². The van der Waals surface area contributed by atoms with Gasteiger partial charge in [-0.3, -0.25) is 14.6 Å². The van der Waals surface area contributed by atoms with Crippen LogP contribution in [0.3, 0.4) is 0 Å². The van der Waals surface area contributed by atoms with Crippen molar-refractivity contribution in [1.29, 1.82) is 0 Å². The molecule has 134 valence electrons. The summed E-state index contributed by atoms with van der Waals surface area (Å²) in [5.74, 6) is 1.02. The van der Waals surface area contributed by atoms with E-state index in [1.807, 2.05) is 9.80 Å². The smallest absolute Gasteiger partial charge is 0.228 e. The Morgan fingerprint density at radius 1 is 1.08 bits per heavy atom. The number of hydrogen-bond acceptors (Lipinski definition) is 5. The van der Waals surface area contributed by atoms with E-state index in [0.29, 0.717) is 32.1 Å². The van der Waals surface area contributed by atoms with Crippen LogP contribution in [0, 0.1) is 5.92 Å². The van der Waals surface area contributed by atoms with Gasteiger partial charge in [0.15, 0.2) is 0 Å². The highest BCUT2D eigenvalue weighted by Crippen LogP contribution is 2.30. The molecule has 0 spiro atoms. The first kappa shape index (κ1) is 16.3. The predicted molar refractivity (Wildman–Crippen MR) is 92.9 cm³/mol. The lowest BCUT2D eigenvalue weighted by atomic mass is 10.1. The third-order valence-corrected chi connectivity index (χ3v) is 5.74. The SMILES string of the molecule is O=C([C@@H]1CC(=O)N(C2CCCC2)C1)N1CCN(c2cnccn2)CC1. The minimum Gasteiger partial charge on any atom is -0.352 e. The Morgan fingerprint density at radius 3 is 2.52 bits per heavy atom. The zero-order chi connectivity index (χ0) is 17.2. The summed E-state index contributed by atoms with van der Waals surface area (Å²) >= 11 is 0. The van der Waals surface area contributed by atoms with Crippen molar-refractivity contribution in [1.82, 2.24) is 19.8 Å². The molecular weight excluding hydrogens is 318 g/mol. The van der Waals surface area contributed by atoms with E-state index >= 15 is 0 Å². The van der Waals surface area contributed by atoms with E-state index in [2.05, 4.69) is 14.9 Å². The summed E-state index contributed by atoms with van der Waals surface area (Å²) in [6, 6.07) is 0.374. The van der Waals surface area contributed by atoms with Crippen LogP contribution >= 0.6 is 0 Å². The van der Waals surface area contributed by atoms with Crippen LogP contribution in [0.4, 0.5) is 5.82 Å². The van der Waals surface area contributed by atoms with Crippen molar-refractivity contribution in [3.05, 3.63) is 18.6 Å². The number of carbonyl (C=O) groups excluding carboxylic acids is 2. The lowest BCUT2D eigenvalue weighted by molar-refractivity contribution is -0.136. The van der Waals surface area contributed by atoms with E-state index < -0.39 is 0 Å². The molecule has 7 nitrogen and oxygen atoms in total. The lowest BCUT2D eigenvalue weighted by Gasteiger charge is -2.36. The van der Waals surface area contributed by atoms with E-state index in [4.69, 9.17) is 0 Å². The van der Waals surface area contributed by atoms with E-state index in [1.54, 1.807) is 18.6 Å². The molecule has 0 bridgehead atoms. The molecule has 4 rings (SSSR count). The molecule has 2 aliphatic heterocycles. The first-order chi connectivity index (χ1) is 12.2. The van der Waals surface area contributed by atoms with Gasteiger partial charge in [0, 0.05) is 57.6 Å². The molecule has 2 saturated heterocycles. The highest BCUT2D eigenvalue weighted by atomic mass is 16.2. The minimum atomic E-state index is -0.156. The maximum atomic E-state index is 12.9. The zero-order valence-electron chi connectivity index (χ0n) is 14.5. The van der Waals surface area contributed by atoms with Crippen molar-refractivity contribution in [2.24, 2.45) is 5.92 Å². The Labute approximate surface area is 148 Å². The van der Waals surface area contributed by atoms with Crippen LogP contribution < -0.4 is 4.90 Å². The number of amides is 2. The summed E-state index contributed by atoms with van der Waals surface area (Å²) in [5.41, 5.74) is 0. The van der Waals surface area contributed by atoms with Gasteiger partial charge in [-0.15, -0.1) is 0 Å². The first-order valence-electron chi connectivity index (χ1n) is 9.31. The van der Waals surface area contributed by atoms with Gasteiger partial charge >= 0.3 is 0 Å². The molecule has 0 aromatic carbocycles. The summed E-state index contributed by atoms with van der Waals surface area (Å²) in [4.78, 5) is 39.7. The van der Waals surface area contributed by atoms with Crippen molar-refractivity contribution < 1.29 is 9.59 Å². The summed E-state index contributed by atoms with van der Waals surface area (Å²) in [6.07, 6.45) is 10.1. The van der Waals surface area contributed by atoms with Crippen molar-refractivity contribution in [3.63, 3.8) is 0 Å². The van der Waals surface area contributed by atoms with E-state index in [0.717, 1.165) is 31.7 Å². The second kappa shape index (κ2) is 6.98. The number of rotatable bonds is 3. The monoisotopic (exact) mass is 343 g/mol. The van der Waals surface area contributed by atoms with Crippen molar-refractivity contribution in [2.45, 2.75) is 38.1 Å². The summed E-state index contributed by atoms with van der Waals surface area (Å²) in [5, 5.41) is 0. The van der Waals surface area contributed by atoms with E-state index in [9.17, 15) is 9.59 Å². The van der Waals surface area contributed by atoms with Gasteiger partial charge in [-0.05, 0) is 12.8 Å². The standard InChI is InChI=1S/C18H25N5O2/c24-17-11-14(13-23(17)15-3-1-2-4-15)18(25)22-9-7-21(8-10-22)16-12-19-5-6-20-16/h5-6,12,14-15H,1-4,7-11,13H2/t14-/m1/s1. The Kier molecular flexibility index (Phi) is 4.55. The Bertz CT molecular complexity index is 624. The Morgan fingerprint density at radius 2 is 1.84 bits per heavy atom. The fourth-order valence-corrected chi connectivity index (χ4v) is 4.33. The van der Waals surface area contributed by atoms with Crippen LogP contribution in [0.1, 0.15) is 32.1 Å². The van der Waals surface area contributed by atoms with Crippen LogP contribution in [-0.4, -0.2) is 70.3 Å². The highest BCUT2D eigenvalue weighted by Gasteiger charge is 2.40. The van der Waals surface area contributed by atoms with Gasteiger partial charge in [-0.1, -0.05) is 12.8 Å². The van der Waals surface area contributed by atoms with Crippen LogP contribution in [0.5, 0.6) is 0 Å². The maximum absolute atomic E-state index is 12.9. The second-order valence-electron chi connectivity index (χ2n) is 7.26. The maximum Gasteiger partial charge on any atom is 0.228 e. The second-order valence-corrected chi connectivity index (χ2v) is 7.26. The zero-order valence-corrected chi connectivity index (χ0v) is 14.5. The molecule has 3 fully saturated rings. The summed E-state index contributed by atoms with van der Waals surface area (Å²) < 4.78 is 0. The molecule has 1 aliphatic carbocycles. The number of aromatic nitrogens is 2. The number of nitrogens with zero attached hydrogens (tertiary/aromatic N) is 5. The Hall–Kier alpha value is -2.18. The average Bonchev–Trinajstić information content (AvgIpc) is 3.31. The van der Waals surface area contributed by atoms with Crippen LogP contribution in [0.2, 0.25) is 0 Å². The highest BCUT2D eigenvalue weighted by molar-refractivity contribution is 5.89. The van der Waals surface area contributed by atoms with Gasteiger partial charge in [0.25, 0.3) is 0 Å². The topological polar surface area (TPSA) is 69.6 Å². The predicted octanol–water partition coefficient (Wildman–Crippen LogP) is 0.916. The van der Waals surface area contributed by atoms with Gasteiger partial charge in [0.1, 0.15) is 5.82 Å². The minimum absolute atomic E-state index is 0.146. The molecule has 0 radical (unpaired) electrons. The molecular formula is C18H25N5O2. The van der Waals surface area contributed by atoms with Crippen LogP contribution in [0.15, 0.2) is 18.6 Å². The molecule has 1 aromatic heterocycles. The average molecular weight is 343 g/mol. The molecule has 25 heavy (non-hydrogen) atoms. The Balaban J connectivity index is 1.32. The number of carbonyl (C=O) groups is 2. The van der Waals surface area contributed by atoms with Crippen molar-refractivity contribution >= 4 is 17.6 Å². The lowest BCUT2D eigenvalue weighted by Crippen LogP contribution is -2.51. The molecule has 0 N–H and O–H groups in total. The number of hydrogen-bond donors (Lipinski definition) is 0. The summed E-state index contributed by atoms with van der Waals surface area (Å²) in [7, 11) is 0. The molecule has 2 amide bonds. The molecule has 1 saturated carbocycles. The van der Waals surface area contributed by atoms with Crippen LogP contribution in [0.25, 0.3) is 0 Å². The summed E-state index contributed by atoms with van der Waals surface area (Å²) in [6.45, 7) is 3.51. The number of likely N-dealkylation sites (tertiary alicyclic amines) is 1. The van der Waals surface area contributed by atoms with Gasteiger partial charge in [0.2, 0.25) is 11.8 Å². The van der Waals surface area contributed by atoms with E-state index in [1.165, 1.54) is 12.8 Å². The molecule has 3 aliphatic rings. The van der Waals surface area contributed by atoms with Gasteiger partial charge in [-0.2, -0.15) is 0 Å². The van der Waals surface area contributed by atoms with E-state index in [-0.39, 0.29) is 17.7 Å². The fourth-order valence-electron chi connectivity index (χ4n) is 4.33. The molecule has 3 heterocycles.